The van der Waals surface area contributed by atoms with Crippen molar-refractivity contribution in [3.05, 3.63) is 30.9 Å². The first kappa shape index (κ1) is 18.6. The molecule has 30 heavy (non-hydrogen) atoms. The first-order valence-electron chi connectivity index (χ1n) is 9.89. The topological polar surface area (TPSA) is 108 Å². The maximum Gasteiger partial charge on any atom is 0.308 e. The Morgan fingerprint density at radius 3 is 2.53 bits per heavy atom. The second-order valence-electron chi connectivity index (χ2n) is 7.63. The lowest BCUT2D eigenvalue weighted by Gasteiger charge is -2.17. The molecule has 9 nitrogen and oxygen atoms in total. The molecule has 0 amide bonds. The summed E-state index contributed by atoms with van der Waals surface area (Å²) in [4.78, 5) is 37.2. The van der Waals surface area contributed by atoms with Crippen LogP contribution in [-0.2, 0) is 4.79 Å². The third-order valence-corrected chi connectivity index (χ3v) is 5.65. The van der Waals surface area contributed by atoms with Gasteiger partial charge in [0.05, 0.1) is 18.0 Å². The Morgan fingerprint density at radius 1 is 1.03 bits per heavy atom. The predicted molar refractivity (Wildman–Crippen MR) is 108 cm³/mol. The van der Waals surface area contributed by atoms with E-state index in [0.29, 0.717) is 73.1 Å². The molecular weight excluding hydrogens is 389 g/mol. The lowest BCUT2D eigenvalue weighted by molar-refractivity contribution is -0.140. The fourth-order valence-electron chi connectivity index (χ4n) is 3.99. The number of carboxylic acid groups (broad SMARTS) is 1. The van der Waals surface area contributed by atoms with E-state index in [1.807, 2.05) is 21.9 Å². The van der Waals surface area contributed by atoms with Crippen molar-refractivity contribution in [2.45, 2.75) is 19.0 Å². The Kier molecular flexibility index (Phi) is 4.61. The Labute approximate surface area is 171 Å². The summed E-state index contributed by atoms with van der Waals surface area (Å²) in [5, 5.41) is 9.17. The molecule has 2 unspecified atom stereocenters. The maximum atomic E-state index is 13.6. The fraction of sp³-hybridized carbons (Fsp3) is 0.400. The molecule has 2 saturated heterocycles. The van der Waals surface area contributed by atoms with Gasteiger partial charge in [-0.3, -0.25) is 4.79 Å². The third-order valence-electron chi connectivity index (χ3n) is 5.65. The van der Waals surface area contributed by atoms with E-state index in [1.165, 1.54) is 6.33 Å². The number of carboxylic acids is 1. The van der Waals surface area contributed by atoms with E-state index in [1.54, 1.807) is 12.4 Å². The molecule has 0 aromatic carbocycles. The molecule has 0 aliphatic carbocycles. The maximum absolute atomic E-state index is 13.6. The highest BCUT2D eigenvalue weighted by atomic mass is 19.1. The van der Waals surface area contributed by atoms with E-state index in [9.17, 15) is 14.3 Å². The summed E-state index contributed by atoms with van der Waals surface area (Å²) in [6.45, 7) is 1.99. The van der Waals surface area contributed by atoms with Gasteiger partial charge in [0.15, 0.2) is 0 Å². The minimum absolute atomic E-state index is 0.340. The molecule has 2 fully saturated rings. The van der Waals surface area contributed by atoms with Gasteiger partial charge in [-0.1, -0.05) is 0 Å². The van der Waals surface area contributed by atoms with Crippen LogP contribution in [-0.4, -0.2) is 68.3 Å². The van der Waals surface area contributed by atoms with Crippen molar-refractivity contribution in [3.63, 3.8) is 0 Å². The minimum atomic E-state index is -0.832. The highest BCUT2D eigenvalue weighted by Gasteiger charge is 2.29. The SMILES string of the molecule is O=C(O)C1CCN(c2ncc(-c3ncnc4ccc(N5CCC(F)C5)nc34)cn2)C1. The van der Waals surface area contributed by atoms with Crippen LogP contribution in [0.15, 0.2) is 30.9 Å². The van der Waals surface area contributed by atoms with Crippen LogP contribution in [0.3, 0.4) is 0 Å². The first-order chi connectivity index (χ1) is 14.6. The van der Waals surface area contributed by atoms with Gasteiger partial charge in [-0.05, 0) is 25.0 Å². The van der Waals surface area contributed by atoms with Crippen LogP contribution in [0.1, 0.15) is 12.8 Å². The van der Waals surface area contributed by atoms with E-state index in [2.05, 4.69) is 19.9 Å². The van der Waals surface area contributed by atoms with Crippen molar-refractivity contribution in [1.82, 2.24) is 24.9 Å². The monoisotopic (exact) mass is 409 g/mol. The summed E-state index contributed by atoms with van der Waals surface area (Å²) in [5.41, 5.74) is 2.59. The number of alkyl halides is 1. The molecule has 10 heteroatoms. The van der Waals surface area contributed by atoms with E-state index in [4.69, 9.17) is 4.98 Å². The Morgan fingerprint density at radius 2 is 1.83 bits per heavy atom. The van der Waals surface area contributed by atoms with Gasteiger partial charge >= 0.3 is 5.97 Å². The number of aliphatic carboxylic acids is 1. The number of hydrogen-bond acceptors (Lipinski definition) is 8. The van der Waals surface area contributed by atoms with E-state index in [0.717, 1.165) is 0 Å². The quantitative estimate of drug-likeness (QED) is 0.691. The van der Waals surface area contributed by atoms with Gasteiger partial charge in [0.25, 0.3) is 0 Å². The minimum Gasteiger partial charge on any atom is -0.481 e. The summed E-state index contributed by atoms with van der Waals surface area (Å²) >= 11 is 0. The molecule has 2 aliphatic rings. The molecule has 0 bridgehead atoms. The van der Waals surface area contributed by atoms with Crippen molar-refractivity contribution in [3.8, 4) is 11.3 Å². The molecule has 5 rings (SSSR count). The summed E-state index contributed by atoms with van der Waals surface area (Å²) in [5.74, 6) is 0.0188. The normalized spacial score (nSPS) is 21.5. The van der Waals surface area contributed by atoms with Crippen LogP contribution < -0.4 is 9.80 Å². The first-order valence-corrected chi connectivity index (χ1v) is 9.89. The smallest absolute Gasteiger partial charge is 0.308 e. The highest BCUT2D eigenvalue weighted by molar-refractivity contribution is 5.89. The van der Waals surface area contributed by atoms with Crippen LogP contribution in [0.5, 0.6) is 0 Å². The van der Waals surface area contributed by atoms with E-state index >= 15 is 0 Å². The van der Waals surface area contributed by atoms with E-state index < -0.39 is 18.1 Å². The second-order valence-corrected chi connectivity index (χ2v) is 7.63. The molecule has 0 spiro atoms. The van der Waals surface area contributed by atoms with Crippen LogP contribution in [0.25, 0.3) is 22.3 Å². The van der Waals surface area contributed by atoms with Crippen LogP contribution in [0.2, 0.25) is 0 Å². The van der Waals surface area contributed by atoms with Gasteiger partial charge in [-0.15, -0.1) is 0 Å². The molecule has 3 aromatic heterocycles. The standard InChI is InChI=1S/C20H20FN7O2/c21-14-4-6-27(10-14)16-2-1-15-18(26-16)17(25-11-24-15)13-7-22-20(23-8-13)28-5-3-12(9-28)19(29)30/h1-2,7-8,11-12,14H,3-6,9-10H2,(H,29,30). The lowest BCUT2D eigenvalue weighted by Crippen LogP contribution is -2.24. The van der Waals surface area contributed by atoms with E-state index in [-0.39, 0.29) is 0 Å². The zero-order chi connectivity index (χ0) is 20.7. The number of anilines is 2. The zero-order valence-corrected chi connectivity index (χ0v) is 16.1. The zero-order valence-electron chi connectivity index (χ0n) is 16.1. The van der Waals surface area contributed by atoms with Crippen LogP contribution in [0, 0.1) is 5.92 Å². The highest BCUT2D eigenvalue weighted by Crippen LogP contribution is 2.28. The van der Waals surface area contributed by atoms with Crippen molar-refractivity contribution in [2.24, 2.45) is 5.92 Å². The van der Waals surface area contributed by atoms with Gasteiger partial charge < -0.3 is 14.9 Å². The third kappa shape index (κ3) is 3.38. The average molecular weight is 409 g/mol. The summed E-state index contributed by atoms with van der Waals surface area (Å²) < 4.78 is 13.6. The van der Waals surface area contributed by atoms with Crippen LogP contribution >= 0.6 is 0 Å². The van der Waals surface area contributed by atoms with Gasteiger partial charge in [0.2, 0.25) is 5.95 Å². The van der Waals surface area contributed by atoms with Gasteiger partial charge in [-0.25, -0.2) is 29.3 Å². The number of pyridine rings is 1. The number of rotatable bonds is 4. The number of nitrogens with zero attached hydrogens (tertiary/aromatic N) is 7. The molecule has 154 valence electrons. The molecule has 2 aliphatic heterocycles. The summed E-state index contributed by atoms with van der Waals surface area (Å²) in [6, 6.07) is 3.71. The molecule has 5 heterocycles. The number of aromatic nitrogens is 5. The molecule has 2 atom stereocenters. The number of hydrogen-bond donors (Lipinski definition) is 1. The number of carbonyl (C=O) groups is 1. The summed E-state index contributed by atoms with van der Waals surface area (Å²) in [7, 11) is 0. The van der Waals surface area contributed by atoms with Crippen LogP contribution in [0.4, 0.5) is 16.2 Å². The molecule has 0 radical (unpaired) electrons. The van der Waals surface area contributed by atoms with Crippen molar-refractivity contribution < 1.29 is 14.3 Å². The average Bonchev–Trinajstić information content (AvgIpc) is 3.43. The summed E-state index contributed by atoms with van der Waals surface area (Å²) in [6.07, 6.45) is 5.06. The molecule has 1 N–H and O–H groups in total. The molecular formula is C20H20FN7O2. The fourth-order valence-corrected chi connectivity index (χ4v) is 3.99. The lowest BCUT2D eigenvalue weighted by atomic mass is 10.1. The van der Waals surface area contributed by atoms with Crippen molar-refractivity contribution in [1.29, 1.82) is 0 Å². The van der Waals surface area contributed by atoms with Gasteiger partial charge in [0, 0.05) is 37.6 Å². The van der Waals surface area contributed by atoms with Crippen molar-refractivity contribution in [2.75, 3.05) is 36.0 Å². The predicted octanol–water partition coefficient (Wildman–Crippen LogP) is 1.94. The van der Waals surface area contributed by atoms with Crippen molar-refractivity contribution >= 4 is 28.8 Å². The number of halogens is 1. The van der Waals surface area contributed by atoms with Gasteiger partial charge in [-0.2, -0.15) is 0 Å². The molecule has 3 aromatic rings. The Hall–Kier alpha value is -3.43. The second kappa shape index (κ2) is 7.43. The Balaban J connectivity index is 1.45. The molecule has 0 saturated carbocycles. The Bertz CT molecular complexity index is 1090. The number of fused-ring (bicyclic) bond motifs is 1. The largest absolute Gasteiger partial charge is 0.481 e. The van der Waals surface area contributed by atoms with Gasteiger partial charge in [0.1, 0.15) is 29.5 Å².